The van der Waals surface area contributed by atoms with Gasteiger partial charge in [-0.1, -0.05) is 13.0 Å². The Labute approximate surface area is 170 Å². The second-order valence-electron chi connectivity index (χ2n) is 8.31. The number of halogens is 1. The van der Waals surface area contributed by atoms with E-state index in [0.717, 1.165) is 25.7 Å². The summed E-state index contributed by atoms with van der Waals surface area (Å²) in [6.45, 7) is 7.53. The molecular weight excluding hydrogens is 373 g/mol. The van der Waals surface area contributed by atoms with E-state index in [1.54, 1.807) is 19.1 Å². The summed E-state index contributed by atoms with van der Waals surface area (Å²) in [5.74, 6) is -1.07. The zero-order chi connectivity index (χ0) is 21.3. The van der Waals surface area contributed by atoms with Gasteiger partial charge in [0.05, 0.1) is 5.69 Å². The largest absolute Gasteiger partial charge is 0.477 e. The van der Waals surface area contributed by atoms with Crippen LogP contribution in [0.2, 0.25) is 0 Å². The number of carbonyl (C=O) groups is 2. The van der Waals surface area contributed by atoms with Crippen LogP contribution < -0.4 is 4.90 Å². The fourth-order valence-electron chi connectivity index (χ4n) is 3.86. The minimum atomic E-state index is -1.17. The van der Waals surface area contributed by atoms with Gasteiger partial charge in [-0.25, -0.2) is 13.9 Å². The van der Waals surface area contributed by atoms with E-state index in [4.69, 9.17) is 0 Å². The van der Waals surface area contributed by atoms with E-state index < -0.39 is 11.8 Å². The number of hydrogen-bond acceptors (Lipinski definition) is 3. The quantitative estimate of drug-likeness (QED) is 0.795. The van der Waals surface area contributed by atoms with Crippen LogP contribution in [0.1, 0.15) is 62.4 Å². The van der Waals surface area contributed by atoms with Gasteiger partial charge in [-0.05, 0) is 70.1 Å². The average molecular weight is 401 g/mol. The van der Waals surface area contributed by atoms with Gasteiger partial charge in [-0.2, -0.15) is 0 Å². The molecule has 1 N–H and O–H groups in total. The molecule has 0 unspecified atom stereocenters. The number of rotatable bonds is 5. The van der Waals surface area contributed by atoms with Crippen LogP contribution in [0.4, 0.5) is 10.2 Å². The van der Waals surface area contributed by atoms with Gasteiger partial charge >= 0.3 is 5.97 Å². The second kappa shape index (κ2) is 8.35. The van der Waals surface area contributed by atoms with Crippen LogP contribution >= 0.6 is 0 Å². The number of aromatic nitrogens is 2. The van der Waals surface area contributed by atoms with E-state index in [-0.39, 0.29) is 29.2 Å². The molecule has 1 heterocycles. The van der Waals surface area contributed by atoms with E-state index in [0.29, 0.717) is 17.2 Å². The first-order valence-electron chi connectivity index (χ1n) is 10.1. The summed E-state index contributed by atoms with van der Waals surface area (Å²) in [4.78, 5) is 26.7. The van der Waals surface area contributed by atoms with E-state index in [1.165, 1.54) is 21.8 Å². The lowest BCUT2D eigenvalue weighted by molar-refractivity contribution is -0.123. The Balaban J connectivity index is 2.01. The maximum absolute atomic E-state index is 14.0. The van der Waals surface area contributed by atoms with Crippen LogP contribution in [0.3, 0.4) is 0 Å². The molecule has 3 rings (SSSR count). The average Bonchev–Trinajstić information content (AvgIpc) is 3.09. The second-order valence-corrected chi connectivity index (χ2v) is 8.31. The molecular formula is C22H28FN3O3. The summed E-state index contributed by atoms with van der Waals surface area (Å²) in [5, 5.41) is 14.1. The molecule has 0 saturated heterocycles. The Kier molecular flexibility index (Phi) is 6.05. The smallest absolute Gasteiger partial charge is 0.341 e. The lowest BCUT2D eigenvalue weighted by Crippen LogP contribution is -2.43. The molecule has 0 aliphatic heterocycles. The molecule has 6 nitrogen and oxygen atoms in total. The molecule has 1 saturated carbocycles. The third kappa shape index (κ3) is 4.33. The molecule has 2 aromatic rings. The van der Waals surface area contributed by atoms with Crippen molar-refractivity contribution in [2.24, 2.45) is 11.8 Å². The molecule has 1 fully saturated rings. The standard InChI is InChI=1S/C22H28FN3O3/c1-13(2)26(21(27)16-8-5-14(3)6-9-16)20-18(22(28)29)12-25(24-20)17-10-7-15(4)19(23)11-17/h7,10-14,16H,5-6,8-9H2,1-4H3,(H,28,29). The van der Waals surface area contributed by atoms with Gasteiger partial charge in [0.2, 0.25) is 5.91 Å². The number of anilines is 1. The first-order chi connectivity index (χ1) is 13.7. The lowest BCUT2D eigenvalue weighted by Gasteiger charge is -2.32. The zero-order valence-electron chi connectivity index (χ0n) is 17.4. The SMILES string of the molecule is Cc1ccc(-n2cc(C(=O)O)c(N(C(=O)C3CCC(C)CC3)C(C)C)n2)cc1F. The minimum absolute atomic E-state index is 0.0720. The highest BCUT2D eigenvalue weighted by atomic mass is 19.1. The van der Waals surface area contributed by atoms with E-state index >= 15 is 0 Å². The Hall–Kier alpha value is -2.70. The highest BCUT2D eigenvalue weighted by molar-refractivity contribution is 6.01. The number of nitrogens with zero attached hydrogens (tertiary/aromatic N) is 3. The zero-order valence-corrected chi connectivity index (χ0v) is 17.4. The molecule has 7 heteroatoms. The van der Waals surface area contributed by atoms with Crippen molar-refractivity contribution in [3.05, 3.63) is 41.3 Å². The Morgan fingerprint density at radius 2 is 1.90 bits per heavy atom. The third-order valence-electron chi connectivity index (χ3n) is 5.69. The van der Waals surface area contributed by atoms with Crippen LogP contribution in [0.25, 0.3) is 5.69 Å². The van der Waals surface area contributed by atoms with Crippen LogP contribution in [0.5, 0.6) is 0 Å². The van der Waals surface area contributed by atoms with Gasteiger partial charge in [-0.3, -0.25) is 9.69 Å². The summed E-state index contributed by atoms with van der Waals surface area (Å²) in [5.41, 5.74) is 0.826. The van der Waals surface area contributed by atoms with Gasteiger partial charge in [0.25, 0.3) is 0 Å². The molecule has 1 aromatic heterocycles. The van der Waals surface area contributed by atoms with Crippen molar-refractivity contribution >= 4 is 17.7 Å². The van der Waals surface area contributed by atoms with Crippen LogP contribution in [-0.4, -0.2) is 32.8 Å². The molecule has 1 aliphatic carbocycles. The topological polar surface area (TPSA) is 75.4 Å². The number of carboxylic acid groups (broad SMARTS) is 1. The van der Waals surface area contributed by atoms with Crippen molar-refractivity contribution in [1.82, 2.24) is 9.78 Å². The van der Waals surface area contributed by atoms with Gasteiger partial charge in [-0.15, -0.1) is 5.10 Å². The van der Waals surface area contributed by atoms with E-state index in [9.17, 15) is 19.1 Å². The molecule has 0 spiro atoms. The normalized spacial score (nSPS) is 19.4. The number of aromatic carboxylic acids is 1. The predicted molar refractivity (Wildman–Crippen MR) is 109 cm³/mol. The fraction of sp³-hybridized carbons (Fsp3) is 0.500. The summed E-state index contributed by atoms with van der Waals surface area (Å²) >= 11 is 0. The van der Waals surface area contributed by atoms with E-state index in [2.05, 4.69) is 12.0 Å². The molecule has 1 aliphatic rings. The third-order valence-corrected chi connectivity index (χ3v) is 5.69. The number of carboxylic acids is 1. The highest BCUT2D eigenvalue weighted by Crippen LogP contribution is 2.32. The van der Waals surface area contributed by atoms with Gasteiger partial charge in [0.15, 0.2) is 5.82 Å². The molecule has 156 valence electrons. The predicted octanol–water partition coefficient (Wildman–Crippen LogP) is 4.59. The van der Waals surface area contributed by atoms with Crippen molar-refractivity contribution in [1.29, 1.82) is 0 Å². The van der Waals surface area contributed by atoms with Crippen LogP contribution in [0, 0.1) is 24.6 Å². The molecule has 0 radical (unpaired) electrons. The molecule has 1 aromatic carbocycles. The van der Waals surface area contributed by atoms with Gasteiger partial charge < -0.3 is 5.11 Å². The van der Waals surface area contributed by atoms with Crippen LogP contribution in [-0.2, 0) is 4.79 Å². The van der Waals surface area contributed by atoms with Crippen molar-refractivity contribution in [3.8, 4) is 5.69 Å². The van der Waals surface area contributed by atoms with Gasteiger partial charge in [0.1, 0.15) is 11.4 Å². The summed E-state index contributed by atoms with van der Waals surface area (Å²) in [6.07, 6.45) is 4.93. The summed E-state index contributed by atoms with van der Waals surface area (Å²) < 4.78 is 15.3. The fourth-order valence-corrected chi connectivity index (χ4v) is 3.86. The monoisotopic (exact) mass is 401 g/mol. The molecule has 0 bridgehead atoms. The first kappa shape index (κ1) is 21.0. The number of hydrogen-bond donors (Lipinski definition) is 1. The van der Waals surface area contributed by atoms with Gasteiger partial charge in [0, 0.05) is 18.2 Å². The minimum Gasteiger partial charge on any atom is -0.477 e. The lowest BCUT2D eigenvalue weighted by atomic mass is 9.82. The summed E-state index contributed by atoms with van der Waals surface area (Å²) in [6, 6.07) is 4.34. The Bertz CT molecular complexity index is 914. The Morgan fingerprint density at radius 3 is 2.45 bits per heavy atom. The maximum atomic E-state index is 14.0. The number of aryl methyl sites for hydroxylation is 1. The maximum Gasteiger partial charge on any atom is 0.341 e. The number of benzene rings is 1. The van der Waals surface area contributed by atoms with Crippen molar-refractivity contribution in [2.75, 3.05) is 4.90 Å². The number of carbonyl (C=O) groups excluding carboxylic acids is 1. The van der Waals surface area contributed by atoms with Crippen molar-refractivity contribution < 1.29 is 19.1 Å². The molecule has 29 heavy (non-hydrogen) atoms. The molecule has 1 amide bonds. The van der Waals surface area contributed by atoms with Crippen molar-refractivity contribution in [2.45, 2.75) is 59.4 Å². The highest BCUT2D eigenvalue weighted by Gasteiger charge is 2.34. The molecule has 0 atom stereocenters. The first-order valence-corrected chi connectivity index (χ1v) is 10.1. The Morgan fingerprint density at radius 1 is 1.24 bits per heavy atom. The van der Waals surface area contributed by atoms with E-state index in [1.807, 2.05) is 13.8 Å². The summed E-state index contributed by atoms with van der Waals surface area (Å²) in [7, 11) is 0. The van der Waals surface area contributed by atoms with Crippen LogP contribution in [0.15, 0.2) is 24.4 Å². The van der Waals surface area contributed by atoms with Crippen molar-refractivity contribution in [3.63, 3.8) is 0 Å². The number of amides is 1.